The van der Waals surface area contributed by atoms with Crippen molar-refractivity contribution in [2.24, 2.45) is 0 Å². The number of hydrogen-bond acceptors (Lipinski definition) is 2. The van der Waals surface area contributed by atoms with E-state index in [9.17, 15) is 0 Å². The van der Waals surface area contributed by atoms with Crippen LogP contribution in [-0.2, 0) is 31.3 Å². The van der Waals surface area contributed by atoms with E-state index in [4.69, 9.17) is 19.8 Å². The van der Waals surface area contributed by atoms with Gasteiger partial charge in [-0.05, 0) is 0 Å². The van der Waals surface area contributed by atoms with Gasteiger partial charge in [0.2, 0.25) is 0 Å². The van der Waals surface area contributed by atoms with Gasteiger partial charge in [-0.1, -0.05) is 0 Å². The second-order valence-electron chi connectivity index (χ2n) is 0.610. The number of rotatable bonds is 0. The van der Waals surface area contributed by atoms with E-state index in [2.05, 4.69) is 0 Å². The van der Waals surface area contributed by atoms with E-state index in [1.807, 2.05) is 0 Å². The van der Waals surface area contributed by atoms with Crippen LogP contribution in [0.15, 0.2) is 0 Å². The van der Waals surface area contributed by atoms with Crippen molar-refractivity contribution in [2.45, 2.75) is 0 Å². The first kappa shape index (κ1) is 16.1. The summed E-state index contributed by atoms with van der Waals surface area (Å²) in [5, 5.41) is 14.8. The summed E-state index contributed by atoms with van der Waals surface area (Å²) in [5.41, 5.74) is 0. The molecule has 0 bridgehead atoms. The molecule has 0 heterocycles. The van der Waals surface area contributed by atoms with Gasteiger partial charge >= 0.3 is 57.4 Å². The van der Waals surface area contributed by atoms with Gasteiger partial charge in [-0.3, -0.25) is 0 Å². The monoisotopic (exact) mass is 228 g/mol. The Morgan fingerprint density at radius 3 is 1.12 bits per heavy atom. The average molecular weight is 228 g/mol. The zero-order chi connectivity index (χ0) is 5.15. The van der Waals surface area contributed by atoms with Crippen molar-refractivity contribution < 1.29 is 41.5 Å². The summed E-state index contributed by atoms with van der Waals surface area (Å²) in [5.74, 6) is -3.65. The third-order valence-corrected chi connectivity index (χ3v) is 0.183. The van der Waals surface area contributed by atoms with Gasteiger partial charge in [0, 0.05) is 21.7 Å². The Hall–Kier alpha value is 1.13. The first-order chi connectivity index (χ1) is 2.64. The van der Waals surface area contributed by atoms with E-state index in [-0.39, 0.29) is 67.2 Å². The van der Waals surface area contributed by atoms with Crippen molar-refractivity contribution in [3.8, 4) is 0 Å². The van der Waals surface area contributed by atoms with Gasteiger partial charge in [0.15, 0.2) is 0 Å². The molecule has 0 aromatic heterocycles. The summed E-state index contributed by atoms with van der Waals surface area (Å²) in [6, 6.07) is 0. The van der Waals surface area contributed by atoms with Crippen LogP contribution in [0.5, 0.6) is 0 Å². The van der Waals surface area contributed by atoms with Crippen molar-refractivity contribution in [1.82, 2.24) is 0 Å². The molecule has 2 N–H and O–H groups in total. The van der Waals surface area contributed by atoms with E-state index in [1.165, 1.54) is 0 Å². The Labute approximate surface area is 97.4 Å². The molecular formula is C2H4O4SrTi. The fraction of sp³-hybridized carbons (Fsp3) is 0. The minimum atomic E-state index is -1.82. The van der Waals surface area contributed by atoms with Crippen LogP contribution < -0.4 is 0 Å². The molecule has 0 saturated carbocycles. The molecule has 0 spiro atoms. The van der Waals surface area contributed by atoms with Gasteiger partial charge in [-0.15, -0.1) is 0 Å². The SMILES string of the molecule is O=C(O)C(=O)O.[SrH2].[Ti]. The molecule has 4 nitrogen and oxygen atoms in total. The Morgan fingerprint density at radius 2 is 1.12 bits per heavy atom. The molecule has 0 atom stereocenters. The predicted octanol–water partition coefficient (Wildman–Crippen LogP) is -1.76. The molecule has 0 saturated heterocycles. The first-order valence-electron chi connectivity index (χ1n) is 1.11. The molecule has 0 amide bonds. The minimum Gasteiger partial charge on any atom is 0 e. The maximum Gasteiger partial charge on any atom is 0 e. The van der Waals surface area contributed by atoms with Gasteiger partial charge < -0.3 is 10.2 Å². The van der Waals surface area contributed by atoms with E-state index < -0.39 is 11.9 Å². The van der Waals surface area contributed by atoms with Crippen molar-refractivity contribution >= 4 is 57.4 Å². The summed E-state index contributed by atoms with van der Waals surface area (Å²) in [6.45, 7) is 0. The van der Waals surface area contributed by atoms with Gasteiger partial charge in [-0.25, -0.2) is 9.59 Å². The molecule has 0 unspecified atom stereocenters. The van der Waals surface area contributed by atoms with E-state index in [0.717, 1.165) is 0 Å². The fourth-order valence-corrected chi connectivity index (χ4v) is 0. The quantitative estimate of drug-likeness (QED) is 0.380. The molecular weight excluding hydrogens is 224 g/mol. The van der Waals surface area contributed by atoms with Crippen molar-refractivity contribution in [3.05, 3.63) is 0 Å². The summed E-state index contributed by atoms with van der Waals surface area (Å²) in [6.07, 6.45) is 0. The number of carboxylic acids is 2. The molecule has 8 heavy (non-hydrogen) atoms. The van der Waals surface area contributed by atoms with E-state index >= 15 is 0 Å². The summed E-state index contributed by atoms with van der Waals surface area (Å²) in [7, 11) is 0. The second kappa shape index (κ2) is 8.13. The molecule has 6 heteroatoms. The molecule has 0 radical (unpaired) electrons. The normalized spacial score (nSPS) is 5.50. The van der Waals surface area contributed by atoms with Gasteiger partial charge in [0.25, 0.3) is 0 Å². The van der Waals surface area contributed by atoms with Crippen molar-refractivity contribution in [3.63, 3.8) is 0 Å². The first-order valence-corrected chi connectivity index (χ1v) is 1.11. The summed E-state index contributed by atoms with van der Waals surface area (Å²) >= 11 is 0. The van der Waals surface area contributed by atoms with Gasteiger partial charge in [0.05, 0.1) is 0 Å². The largest absolute Gasteiger partial charge is 0 e. The maximum atomic E-state index is 9.10. The third kappa shape index (κ3) is 10.2. The van der Waals surface area contributed by atoms with E-state index in [1.54, 1.807) is 0 Å². The van der Waals surface area contributed by atoms with Crippen LogP contribution in [0.2, 0.25) is 0 Å². The number of aliphatic carboxylic acids is 2. The molecule has 0 fully saturated rings. The molecule has 0 aromatic rings. The summed E-state index contributed by atoms with van der Waals surface area (Å²) in [4.78, 5) is 18.2. The fourth-order valence-electron chi connectivity index (χ4n) is 0. The Bertz CT molecular complexity index is 80.0. The van der Waals surface area contributed by atoms with Crippen LogP contribution in [0.4, 0.5) is 0 Å². The zero-order valence-corrected chi connectivity index (χ0v) is 4.77. The molecule has 0 aliphatic rings. The van der Waals surface area contributed by atoms with Crippen LogP contribution in [0.3, 0.4) is 0 Å². The zero-order valence-electron chi connectivity index (χ0n) is 3.21. The van der Waals surface area contributed by atoms with Crippen LogP contribution in [0, 0.1) is 0 Å². The van der Waals surface area contributed by atoms with Crippen molar-refractivity contribution in [2.75, 3.05) is 0 Å². The maximum absolute atomic E-state index is 9.10. The molecule has 0 aliphatic heterocycles. The van der Waals surface area contributed by atoms with Gasteiger partial charge in [0.1, 0.15) is 0 Å². The van der Waals surface area contributed by atoms with E-state index in [0.29, 0.717) is 0 Å². The topological polar surface area (TPSA) is 74.6 Å². The van der Waals surface area contributed by atoms with Crippen LogP contribution >= 0.6 is 0 Å². The Kier molecular flexibility index (Phi) is 16.3. The van der Waals surface area contributed by atoms with Crippen molar-refractivity contribution in [1.29, 1.82) is 0 Å². The number of carboxylic acid groups (broad SMARTS) is 2. The van der Waals surface area contributed by atoms with Gasteiger partial charge in [-0.2, -0.15) is 0 Å². The Balaban J connectivity index is -0.000000125. The standard InChI is InChI=1S/C2H2O4.Sr.Ti.2H/c3-1(4)2(5)6;;;;/h(H,3,4)(H,5,6);;;;. The number of carbonyl (C=O) groups is 2. The minimum absolute atomic E-state index is 0. The number of hydrogen-bond donors (Lipinski definition) is 2. The smallest absolute Gasteiger partial charge is 0 e. The molecule has 0 aliphatic carbocycles. The van der Waals surface area contributed by atoms with Crippen LogP contribution in [0.25, 0.3) is 0 Å². The second-order valence-corrected chi connectivity index (χ2v) is 0.610. The third-order valence-electron chi connectivity index (χ3n) is 0.183. The predicted molar refractivity (Wildman–Crippen MR) is 23.8 cm³/mol. The van der Waals surface area contributed by atoms with Crippen LogP contribution in [-0.4, -0.2) is 67.6 Å². The molecule has 0 rings (SSSR count). The average Bonchev–Trinajstić information content (AvgIpc) is 1.36. The summed E-state index contributed by atoms with van der Waals surface area (Å²) < 4.78 is 0. The van der Waals surface area contributed by atoms with Crippen LogP contribution in [0.1, 0.15) is 0 Å². The molecule has 42 valence electrons. The molecule has 0 aromatic carbocycles. The Morgan fingerprint density at radius 1 is 1.00 bits per heavy atom.